The Bertz CT molecular complexity index is 916. The first-order chi connectivity index (χ1) is 13.2. The number of hydrogen-bond acceptors (Lipinski definition) is 3. The van der Waals surface area contributed by atoms with Crippen molar-refractivity contribution in [2.24, 2.45) is 4.99 Å². The first-order valence-corrected chi connectivity index (χ1v) is 9.21. The second kappa shape index (κ2) is 9.07. The molecular formula is C21H27N5O. The van der Waals surface area contributed by atoms with Gasteiger partial charge in [-0.05, 0) is 37.1 Å². The standard InChI is InChI=1S/C21H27N5O/c1-16-25-18-9-5-6-10-19(18)26(16)15-14-24-21(22-2)23-13-12-17-8-4-7-11-20(17)27-3/h4-11H,12-15H2,1-3H3,(H2,22,23,24). The zero-order valence-electron chi connectivity index (χ0n) is 16.2. The Morgan fingerprint density at radius 2 is 1.81 bits per heavy atom. The van der Waals surface area contributed by atoms with Crippen LogP contribution in [0.3, 0.4) is 0 Å². The van der Waals surface area contributed by atoms with E-state index in [0.29, 0.717) is 0 Å². The summed E-state index contributed by atoms with van der Waals surface area (Å²) < 4.78 is 7.63. The van der Waals surface area contributed by atoms with Crippen LogP contribution in [0.1, 0.15) is 11.4 Å². The highest BCUT2D eigenvalue weighted by atomic mass is 16.5. The van der Waals surface area contributed by atoms with E-state index >= 15 is 0 Å². The molecule has 0 bridgehead atoms. The molecule has 0 aliphatic carbocycles. The molecule has 0 radical (unpaired) electrons. The van der Waals surface area contributed by atoms with Gasteiger partial charge in [0.1, 0.15) is 11.6 Å². The number of imidazole rings is 1. The van der Waals surface area contributed by atoms with E-state index in [1.807, 2.05) is 43.3 Å². The van der Waals surface area contributed by atoms with E-state index in [-0.39, 0.29) is 0 Å². The smallest absolute Gasteiger partial charge is 0.191 e. The molecular weight excluding hydrogens is 338 g/mol. The molecule has 0 saturated carbocycles. The summed E-state index contributed by atoms with van der Waals surface area (Å²) in [6, 6.07) is 16.3. The van der Waals surface area contributed by atoms with Gasteiger partial charge in [0, 0.05) is 26.7 Å². The molecule has 3 rings (SSSR count). The number of aromatic nitrogens is 2. The molecule has 0 amide bonds. The number of fused-ring (bicyclic) bond motifs is 1. The van der Waals surface area contributed by atoms with Gasteiger partial charge in [0.25, 0.3) is 0 Å². The number of hydrogen-bond donors (Lipinski definition) is 2. The fourth-order valence-corrected chi connectivity index (χ4v) is 3.21. The predicted octanol–water partition coefficient (Wildman–Crippen LogP) is 2.76. The lowest BCUT2D eigenvalue weighted by Crippen LogP contribution is -2.39. The van der Waals surface area contributed by atoms with E-state index in [1.54, 1.807) is 14.2 Å². The van der Waals surface area contributed by atoms with Gasteiger partial charge in [-0.15, -0.1) is 0 Å². The molecule has 3 aromatic rings. The van der Waals surface area contributed by atoms with Gasteiger partial charge in [-0.25, -0.2) is 4.98 Å². The third-order valence-corrected chi connectivity index (χ3v) is 4.58. The number of nitrogens with zero attached hydrogens (tertiary/aromatic N) is 3. The Morgan fingerprint density at radius 1 is 1.07 bits per heavy atom. The van der Waals surface area contributed by atoms with Crippen molar-refractivity contribution in [2.75, 3.05) is 27.2 Å². The summed E-state index contributed by atoms with van der Waals surface area (Å²) in [4.78, 5) is 8.91. The van der Waals surface area contributed by atoms with Crippen molar-refractivity contribution in [3.05, 3.63) is 59.9 Å². The maximum absolute atomic E-state index is 5.40. The van der Waals surface area contributed by atoms with Crippen molar-refractivity contribution in [2.45, 2.75) is 19.9 Å². The third-order valence-electron chi connectivity index (χ3n) is 4.58. The highest BCUT2D eigenvalue weighted by molar-refractivity contribution is 5.79. The van der Waals surface area contributed by atoms with Gasteiger partial charge in [0.05, 0.1) is 18.1 Å². The minimum atomic E-state index is 0.773. The van der Waals surface area contributed by atoms with Crippen LogP contribution in [0, 0.1) is 6.92 Å². The number of aryl methyl sites for hydroxylation is 1. The van der Waals surface area contributed by atoms with Gasteiger partial charge in [0.2, 0.25) is 0 Å². The van der Waals surface area contributed by atoms with Crippen LogP contribution in [-0.4, -0.2) is 42.8 Å². The Labute approximate surface area is 160 Å². The summed E-state index contributed by atoms with van der Waals surface area (Å²) in [5.74, 6) is 2.74. The van der Waals surface area contributed by atoms with E-state index in [1.165, 1.54) is 5.56 Å². The third kappa shape index (κ3) is 4.58. The highest BCUT2D eigenvalue weighted by Crippen LogP contribution is 2.17. The normalized spacial score (nSPS) is 11.6. The van der Waals surface area contributed by atoms with Crippen molar-refractivity contribution in [3.8, 4) is 5.75 Å². The van der Waals surface area contributed by atoms with Crippen molar-refractivity contribution in [1.29, 1.82) is 0 Å². The van der Waals surface area contributed by atoms with Gasteiger partial charge in [-0.2, -0.15) is 0 Å². The zero-order valence-corrected chi connectivity index (χ0v) is 16.2. The van der Waals surface area contributed by atoms with Crippen LogP contribution < -0.4 is 15.4 Å². The van der Waals surface area contributed by atoms with Crippen molar-refractivity contribution < 1.29 is 4.74 Å². The first-order valence-electron chi connectivity index (χ1n) is 9.21. The van der Waals surface area contributed by atoms with Gasteiger partial charge < -0.3 is 19.9 Å². The van der Waals surface area contributed by atoms with E-state index in [4.69, 9.17) is 4.74 Å². The minimum Gasteiger partial charge on any atom is -0.496 e. The molecule has 142 valence electrons. The molecule has 1 heterocycles. The van der Waals surface area contributed by atoms with Crippen molar-refractivity contribution in [3.63, 3.8) is 0 Å². The number of methoxy groups -OCH3 is 1. The van der Waals surface area contributed by atoms with E-state index in [9.17, 15) is 0 Å². The lowest BCUT2D eigenvalue weighted by atomic mass is 10.1. The van der Waals surface area contributed by atoms with E-state index in [2.05, 4.69) is 37.3 Å². The van der Waals surface area contributed by atoms with Crippen LogP contribution in [0.5, 0.6) is 5.75 Å². The molecule has 2 aromatic carbocycles. The lowest BCUT2D eigenvalue weighted by Gasteiger charge is -2.14. The van der Waals surface area contributed by atoms with Crippen LogP contribution in [0.25, 0.3) is 11.0 Å². The van der Waals surface area contributed by atoms with Crippen LogP contribution in [0.2, 0.25) is 0 Å². The van der Waals surface area contributed by atoms with Crippen molar-refractivity contribution >= 4 is 17.0 Å². The van der Waals surface area contributed by atoms with E-state index < -0.39 is 0 Å². The second-order valence-electron chi connectivity index (χ2n) is 6.29. The summed E-state index contributed by atoms with van der Waals surface area (Å²) in [5.41, 5.74) is 3.38. The quantitative estimate of drug-likeness (QED) is 0.499. The Kier molecular flexibility index (Phi) is 6.30. The maximum atomic E-state index is 5.40. The zero-order chi connectivity index (χ0) is 19.1. The molecule has 6 heteroatoms. The first kappa shape index (κ1) is 18.8. The molecule has 0 spiro atoms. The monoisotopic (exact) mass is 365 g/mol. The largest absolute Gasteiger partial charge is 0.496 e. The average Bonchev–Trinajstić information content (AvgIpc) is 3.02. The SMILES string of the molecule is CN=C(NCCc1ccccc1OC)NCCn1c(C)nc2ccccc21. The van der Waals surface area contributed by atoms with E-state index in [0.717, 1.165) is 54.6 Å². The summed E-state index contributed by atoms with van der Waals surface area (Å²) >= 11 is 0. The number of benzene rings is 2. The summed E-state index contributed by atoms with van der Waals surface area (Å²) in [6.07, 6.45) is 0.871. The maximum Gasteiger partial charge on any atom is 0.191 e. The fourth-order valence-electron chi connectivity index (χ4n) is 3.21. The topological polar surface area (TPSA) is 63.5 Å². The number of nitrogens with one attached hydrogen (secondary N) is 2. The molecule has 0 atom stereocenters. The van der Waals surface area contributed by atoms with Crippen LogP contribution in [-0.2, 0) is 13.0 Å². The van der Waals surface area contributed by atoms with Crippen molar-refractivity contribution in [1.82, 2.24) is 20.2 Å². The molecule has 2 N–H and O–H groups in total. The van der Waals surface area contributed by atoms with Crippen LogP contribution in [0.4, 0.5) is 0 Å². The number of para-hydroxylation sites is 3. The van der Waals surface area contributed by atoms with Crippen LogP contribution >= 0.6 is 0 Å². The lowest BCUT2D eigenvalue weighted by molar-refractivity contribution is 0.409. The Hall–Kier alpha value is -3.02. The summed E-state index contributed by atoms with van der Waals surface area (Å²) in [6.45, 7) is 4.43. The van der Waals surface area contributed by atoms with Gasteiger partial charge in [-0.1, -0.05) is 30.3 Å². The average molecular weight is 365 g/mol. The highest BCUT2D eigenvalue weighted by Gasteiger charge is 2.07. The molecule has 27 heavy (non-hydrogen) atoms. The van der Waals surface area contributed by atoms with Gasteiger partial charge in [-0.3, -0.25) is 4.99 Å². The van der Waals surface area contributed by atoms with Crippen LogP contribution in [0.15, 0.2) is 53.5 Å². The number of rotatable bonds is 7. The molecule has 0 saturated heterocycles. The minimum absolute atomic E-state index is 0.773. The molecule has 0 unspecified atom stereocenters. The molecule has 0 aliphatic heterocycles. The molecule has 6 nitrogen and oxygen atoms in total. The fraction of sp³-hybridized carbons (Fsp3) is 0.333. The number of ether oxygens (including phenoxy) is 1. The molecule has 0 aliphatic rings. The number of guanidine groups is 1. The van der Waals surface area contributed by atoms with Gasteiger partial charge >= 0.3 is 0 Å². The summed E-state index contributed by atoms with van der Waals surface area (Å²) in [7, 11) is 3.49. The molecule has 0 fully saturated rings. The Morgan fingerprint density at radius 3 is 2.63 bits per heavy atom. The number of aliphatic imine (C=N–C) groups is 1. The predicted molar refractivity (Wildman–Crippen MR) is 111 cm³/mol. The van der Waals surface area contributed by atoms with Gasteiger partial charge in [0.15, 0.2) is 5.96 Å². The second-order valence-corrected chi connectivity index (χ2v) is 6.29. The Balaban J connectivity index is 1.50. The molecule has 1 aromatic heterocycles. The summed E-state index contributed by atoms with van der Waals surface area (Å²) in [5, 5.41) is 6.73.